The Labute approximate surface area is 125 Å². The molecule has 2 aromatic rings. The molecule has 0 saturated carbocycles. The third kappa shape index (κ3) is 2.77. The number of nitrogens with zero attached hydrogens (tertiary/aromatic N) is 2. The van der Waals surface area contributed by atoms with Crippen LogP contribution >= 0.6 is 0 Å². The van der Waals surface area contributed by atoms with Crippen molar-refractivity contribution in [1.82, 2.24) is 0 Å². The molecule has 1 aliphatic heterocycles. The number of anilines is 1. The van der Waals surface area contributed by atoms with Crippen molar-refractivity contribution < 1.29 is 5.21 Å². The average Bonchev–Trinajstić information content (AvgIpc) is 2.56. The number of hydrogen-bond donors (Lipinski definition) is 1. The lowest BCUT2D eigenvalue weighted by atomic mass is 9.99. The van der Waals surface area contributed by atoms with E-state index < -0.39 is 0 Å². The van der Waals surface area contributed by atoms with Crippen LogP contribution in [0.1, 0.15) is 30.0 Å². The van der Waals surface area contributed by atoms with Crippen molar-refractivity contribution in [2.45, 2.75) is 26.3 Å². The van der Waals surface area contributed by atoms with Gasteiger partial charge in [-0.05, 0) is 23.6 Å². The molecule has 21 heavy (non-hydrogen) atoms. The molecule has 1 heterocycles. The van der Waals surface area contributed by atoms with Crippen molar-refractivity contribution in [3.63, 3.8) is 0 Å². The molecule has 0 saturated heterocycles. The minimum absolute atomic E-state index is 0.778. The normalized spacial score (nSPS) is 16.0. The Balaban J connectivity index is 1.86. The summed E-state index contributed by atoms with van der Waals surface area (Å²) in [7, 11) is 0. The van der Waals surface area contributed by atoms with Crippen LogP contribution in [0.4, 0.5) is 5.69 Å². The zero-order valence-corrected chi connectivity index (χ0v) is 12.3. The van der Waals surface area contributed by atoms with Crippen LogP contribution in [0.3, 0.4) is 0 Å². The van der Waals surface area contributed by atoms with Gasteiger partial charge in [0.05, 0.1) is 5.71 Å². The summed E-state index contributed by atoms with van der Waals surface area (Å²) >= 11 is 0. The van der Waals surface area contributed by atoms with Gasteiger partial charge in [-0.1, -0.05) is 54.5 Å². The first-order valence-electron chi connectivity index (χ1n) is 7.45. The standard InChI is InChI=1S/C18H20N2O/c1-2-14-7-9-15(10-8-14)13-20-12-11-17(19-21)16-5-3-4-6-18(16)20/h3-10,21H,2,11-13H2,1H3. The van der Waals surface area contributed by atoms with E-state index in [4.69, 9.17) is 5.21 Å². The molecular formula is C18H20N2O. The number of para-hydroxylation sites is 1. The Morgan fingerprint density at radius 2 is 1.76 bits per heavy atom. The first-order valence-corrected chi connectivity index (χ1v) is 7.45. The van der Waals surface area contributed by atoms with Crippen molar-refractivity contribution in [2.24, 2.45) is 5.16 Å². The van der Waals surface area contributed by atoms with E-state index in [1.54, 1.807) is 0 Å². The van der Waals surface area contributed by atoms with Crippen LogP contribution in [0.5, 0.6) is 0 Å². The molecule has 0 radical (unpaired) electrons. The Morgan fingerprint density at radius 3 is 2.48 bits per heavy atom. The molecule has 0 amide bonds. The van der Waals surface area contributed by atoms with E-state index in [9.17, 15) is 0 Å². The van der Waals surface area contributed by atoms with Gasteiger partial charge >= 0.3 is 0 Å². The summed E-state index contributed by atoms with van der Waals surface area (Å²) in [6.07, 6.45) is 1.85. The summed E-state index contributed by atoms with van der Waals surface area (Å²) in [5, 5.41) is 12.6. The van der Waals surface area contributed by atoms with E-state index in [0.29, 0.717) is 0 Å². The Kier molecular flexibility index (Phi) is 3.91. The van der Waals surface area contributed by atoms with Crippen molar-refractivity contribution in [3.8, 4) is 0 Å². The van der Waals surface area contributed by atoms with Gasteiger partial charge in [-0.25, -0.2) is 0 Å². The van der Waals surface area contributed by atoms with Crippen LogP contribution in [-0.2, 0) is 13.0 Å². The largest absolute Gasteiger partial charge is 0.411 e. The Morgan fingerprint density at radius 1 is 1.05 bits per heavy atom. The van der Waals surface area contributed by atoms with E-state index in [0.717, 1.165) is 42.9 Å². The molecule has 0 unspecified atom stereocenters. The number of benzene rings is 2. The van der Waals surface area contributed by atoms with Crippen LogP contribution in [0.25, 0.3) is 0 Å². The summed E-state index contributed by atoms with van der Waals surface area (Å²) in [6.45, 7) is 3.94. The van der Waals surface area contributed by atoms with E-state index in [1.165, 1.54) is 11.1 Å². The molecule has 108 valence electrons. The predicted octanol–water partition coefficient (Wildman–Crippen LogP) is 3.84. The molecule has 3 heteroatoms. The number of rotatable bonds is 3. The zero-order valence-electron chi connectivity index (χ0n) is 12.3. The number of aryl methyl sites for hydroxylation is 1. The van der Waals surface area contributed by atoms with Crippen molar-refractivity contribution in [1.29, 1.82) is 0 Å². The molecule has 0 bridgehead atoms. The van der Waals surface area contributed by atoms with E-state index in [1.807, 2.05) is 18.2 Å². The van der Waals surface area contributed by atoms with E-state index in [-0.39, 0.29) is 0 Å². The first kappa shape index (κ1) is 13.7. The third-order valence-electron chi connectivity index (χ3n) is 4.10. The van der Waals surface area contributed by atoms with Crippen LogP contribution in [0.15, 0.2) is 53.7 Å². The molecule has 2 aromatic carbocycles. The molecule has 3 rings (SSSR count). The van der Waals surface area contributed by atoms with Gasteiger partial charge in [0.25, 0.3) is 0 Å². The second kappa shape index (κ2) is 6.00. The van der Waals surface area contributed by atoms with Crippen LogP contribution in [0, 0.1) is 0 Å². The lowest BCUT2D eigenvalue weighted by Gasteiger charge is -2.31. The fraction of sp³-hybridized carbons (Fsp3) is 0.278. The van der Waals surface area contributed by atoms with Crippen molar-refractivity contribution in [2.75, 3.05) is 11.4 Å². The maximum atomic E-state index is 9.14. The van der Waals surface area contributed by atoms with Gasteiger partial charge in [0.15, 0.2) is 0 Å². The van der Waals surface area contributed by atoms with Crippen LogP contribution in [-0.4, -0.2) is 17.5 Å². The van der Waals surface area contributed by atoms with Gasteiger partial charge in [-0.2, -0.15) is 0 Å². The maximum Gasteiger partial charge on any atom is 0.0906 e. The average molecular weight is 280 g/mol. The predicted molar refractivity (Wildman–Crippen MR) is 86.3 cm³/mol. The van der Waals surface area contributed by atoms with Gasteiger partial charge < -0.3 is 10.1 Å². The van der Waals surface area contributed by atoms with Gasteiger partial charge in [0.1, 0.15) is 0 Å². The van der Waals surface area contributed by atoms with Crippen LogP contribution < -0.4 is 4.90 Å². The molecule has 0 fully saturated rings. The van der Waals surface area contributed by atoms with Gasteiger partial charge in [0, 0.05) is 30.8 Å². The molecule has 0 atom stereocenters. The quantitative estimate of drug-likeness (QED) is 0.685. The number of fused-ring (bicyclic) bond motifs is 1. The molecule has 3 nitrogen and oxygen atoms in total. The Hall–Kier alpha value is -2.29. The molecule has 0 aliphatic carbocycles. The topological polar surface area (TPSA) is 35.8 Å². The maximum absolute atomic E-state index is 9.14. The second-order valence-electron chi connectivity index (χ2n) is 5.41. The minimum atomic E-state index is 0.778. The molecule has 1 aliphatic rings. The zero-order chi connectivity index (χ0) is 14.7. The summed E-state index contributed by atoms with van der Waals surface area (Å²) in [4.78, 5) is 2.35. The van der Waals surface area contributed by atoms with Gasteiger partial charge in [-0.15, -0.1) is 0 Å². The summed E-state index contributed by atoms with van der Waals surface area (Å²) in [5.74, 6) is 0. The highest BCUT2D eigenvalue weighted by Crippen LogP contribution is 2.28. The van der Waals surface area contributed by atoms with Gasteiger partial charge in [-0.3, -0.25) is 0 Å². The summed E-state index contributed by atoms with van der Waals surface area (Å²) in [5.41, 5.74) is 5.65. The smallest absolute Gasteiger partial charge is 0.0906 e. The van der Waals surface area contributed by atoms with Gasteiger partial charge in [0.2, 0.25) is 0 Å². The lowest BCUT2D eigenvalue weighted by Crippen LogP contribution is -2.31. The van der Waals surface area contributed by atoms with Crippen molar-refractivity contribution in [3.05, 3.63) is 65.2 Å². The second-order valence-corrected chi connectivity index (χ2v) is 5.41. The van der Waals surface area contributed by atoms with Crippen molar-refractivity contribution >= 4 is 11.4 Å². The summed E-state index contributed by atoms with van der Waals surface area (Å²) in [6, 6.07) is 17.0. The molecule has 0 spiro atoms. The Bertz CT molecular complexity index is 647. The molecular weight excluding hydrogens is 260 g/mol. The SMILES string of the molecule is CCc1ccc(CN2CCC(=NO)c3ccccc32)cc1. The highest BCUT2D eigenvalue weighted by molar-refractivity contribution is 6.06. The summed E-state index contributed by atoms with van der Waals surface area (Å²) < 4.78 is 0. The highest BCUT2D eigenvalue weighted by atomic mass is 16.4. The minimum Gasteiger partial charge on any atom is -0.411 e. The third-order valence-corrected chi connectivity index (χ3v) is 4.10. The lowest BCUT2D eigenvalue weighted by molar-refractivity contribution is 0.317. The molecule has 0 aromatic heterocycles. The fourth-order valence-corrected chi connectivity index (χ4v) is 2.86. The van der Waals surface area contributed by atoms with E-state index in [2.05, 4.69) is 47.3 Å². The van der Waals surface area contributed by atoms with E-state index >= 15 is 0 Å². The molecule has 1 N–H and O–H groups in total. The number of hydrogen-bond acceptors (Lipinski definition) is 3. The first-order chi connectivity index (χ1) is 10.3. The monoisotopic (exact) mass is 280 g/mol. The highest BCUT2D eigenvalue weighted by Gasteiger charge is 2.21. The fourth-order valence-electron chi connectivity index (χ4n) is 2.86. The number of oxime groups is 1. The van der Waals surface area contributed by atoms with Crippen LogP contribution in [0.2, 0.25) is 0 Å².